The Hall–Kier alpha value is -2.17. The molecule has 2 rings (SSSR count). The highest BCUT2D eigenvalue weighted by Crippen LogP contribution is 2.03. The molecule has 1 heterocycles. The maximum Gasteiger partial charge on any atom is 0.274 e. The first-order valence-electron chi connectivity index (χ1n) is 7.03. The molecule has 106 valence electrons. The smallest absolute Gasteiger partial charge is 0.274 e. The molecule has 0 aliphatic rings. The summed E-state index contributed by atoms with van der Waals surface area (Å²) in [6, 6.07) is 9.78. The zero-order chi connectivity index (χ0) is 14.2. The molecule has 0 bridgehead atoms. The third-order valence-corrected chi connectivity index (χ3v) is 3.05. The highest BCUT2D eigenvalue weighted by atomic mass is 16.1. The van der Waals surface area contributed by atoms with Gasteiger partial charge in [-0.3, -0.25) is 9.78 Å². The van der Waals surface area contributed by atoms with Gasteiger partial charge in [0.15, 0.2) is 0 Å². The van der Waals surface area contributed by atoms with Crippen LogP contribution in [0.3, 0.4) is 0 Å². The van der Waals surface area contributed by atoms with Gasteiger partial charge in [0.2, 0.25) is 5.95 Å². The second-order valence-electron chi connectivity index (χ2n) is 4.75. The Balaban J connectivity index is 1.97. The first kappa shape index (κ1) is 14.2. The lowest BCUT2D eigenvalue weighted by Crippen LogP contribution is -2.20. The molecule has 0 fully saturated rings. The molecule has 0 amide bonds. The Morgan fingerprint density at radius 1 is 1.15 bits per heavy atom. The first-order valence-corrected chi connectivity index (χ1v) is 7.03. The summed E-state index contributed by atoms with van der Waals surface area (Å²) in [6.45, 7) is 2.95. The van der Waals surface area contributed by atoms with Gasteiger partial charge in [0.25, 0.3) is 5.56 Å². The van der Waals surface area contributed by atoms with E-state index in [4.69, 9.17) is 0 Å². The maximum absolute atomic E-state index is 11.9. The van der Waals surface area contributed by atoms with E-state index in [-0.39, 0.29) is 5.56 Å². The predicted molar refractivity (Wildman–Crippen MR) is 79.9 cm³/mol. The summed E-state index contributed by atoms with van der Waals surface area (Å²) >= 11 is 0. The molecule has 0 spiro atoms. The summed E-state index contributed by atoms with van der Waals surface area (Å²) in [5.74, 6) is 0.447. The molecule has 2 N–H and O–H groups in total. The third-order valence-electron chi connectivity index (χ3n) is 3.05. The molecule has 1 aromatic carbocycles. The van der Waals surface area contributed by atoms with Crippen molar-refractivity contribution in [1.29, 1.82) is 0 Å². The summed E-state index contributed by atoms with van der Waals surface area (Å²) in [7, 11) is 0. The second-order valence-corrected chi connectivity index (χ2v) is 4.75. The lowest BCUT2D eigenvalue weighted by atomic mass is 10.1. The van der Waals surface area contributed by atoms with Gasteiger partial charge in [-0.15, -0.1) is 10.2 Å². The van der Waals surface area contributed by atoms with Crippen molar-refractivity contribution < 1.29 is 0 Å². The summed E-state index contributed by atoms with van der Waals surface area (Å²) in [5.41, 5.74) is 1.31. The van der Waals surface area contributed by atoms with E-state index in [1.807, 2.05) is 30.3 Å². The number of nitrogens with zero attached hydrogens (tertiary/aromatic N) is 2. The van der Waals surface area contributed by atoms with Crippen molar-refractivity contribution in [3.8, 4) is 0 Å². The molecule has 0 radical (unpaired) electrons. The minimum absolute atomic E-state index is 0.179. The van der Waals surface area contributed by atoms with Crippen LogP contribution in [-0.2, 0) is 6.42 Å². The number of aromatic amines is 1. The number of hydrogen-bond acceptors (Lipinski definition) is 4. The van der Waals surface area contributed by atoms with Crippen LogP contribution in [0.2, 0.25) is 0 Å². The third kappa shape index (κ3) is 4.19. The number of unbranched alkanes of at least 4 members (excludes halogenated alkanes) is 2. The quantitative estimate of drug-likeness (QED) is 0.759. The standard InChI is InChI=1S/C15H20N4O/c1-2-3-7-10-16-15-17-14(20)13(18-19-15)11-12-8-5-4-6-9-12/h4-6,8-9H,2-3,7,10-11H2,1H3,(H2,16,17,19,20). The molecule has 0 saturated heterocycles. The van der Waals surface area contributed by atoms with Gasteiger partial charge in [0, 0.05) is 13.0 Å². The SMILES string of the molecule is CCCCCNc1nnc(Cc2ccccc2)c(=O)[nH]1. The van der Waals surface area contributed by atoms with Crippen LogP contribution in [-0.4, -0.2) is 21.7 Å². The average molecular weight is 272 g/mol. The first-order chi connectivity index (χ1) is 9.79. The van der Waals surface area contributed by atoms with Crippen LogP contribution in [0, 0.1) is 0 Å². The van der Waals surface area contributed by atoms with Gasteiger partial charge < -0.3 is 5.32 Å². The van der Waals surface area contributed by atoms with Gasteiger partial charge in [0.05, 0.1) is 0 Å². The number of benzene rings is 1. The Morgan fingerprint density at radius 2 is 1.95 bits per heavy atom. The summed E-state index contributed by atoms with van der Waals surface area (Å²) in [6.07, 6.45) is 3.89. The molecule has 20 heavy (non-hydrogen) atoms. The van der Waals surface area contributed by atoms with Crippen molar-refractivity contribution in [2.24, 2.45) is 0 Å². The number of rotatable bonds is 7. The number of hydrogen-bond donors (Lipinski definition) is 2. The van der Waals surface area contributed by atoms with Gasteiger partial charge in [-0.25, -0.2) is 0 Å². The second kappa shape index (κ2) is 7.43. The van der Waals surface area contributed by atoms with E-state index in [9.17, 15) is 4.79 Å². The van der Waals surface area contributed by atoms with E-state index >= 15 is 0 Å². The predicted octanol–water partition coefficient (Wildman–Crippen LogP) is 2.36. The highest BCUT2D eigenvalue weighted by Gasteiger charge is 2.05. The van der Waals surface area contributed by atoms with E-state index in [2.05, 4.69) is 27.4 Å². The average Bonchev–Trinajstić information content (AvgIpc) is 2.47. The monoisotopic (exact) mass is 272 g/mol. The fourth-order valence-electron chi connectivity index (χ4n) is 1.93. The van der Waals surface area contributed by atoms with Crippen molar-refractivity contribution in [2.45, 2.75) is 32.6 Å². The molecule has 5 nitrogen and oxygen atoms in total. The molecular weight excluding hydrogens is 252 g/mol. The Bertz CT molecular complexity index is 580. The van der Waals surface area contributed by atoms with Crippen LogP contribution < -0.4 is 10.9 Å². The zero-order valence-electron chi connectivity index (χ0n) is 11.7. The van der Waals surface area contributed by atoms with E-state index in [1.54, 1.807) is 0 Å². The van der Waals surface area contributed by atoms with Gasteiger partial charge in [-0.05, 0) is 12.0 Å². The van der Waals surface area contributed by atoms with Crippen LogP contribution in [0.5, 0.6) is 0 Å². The van der Waals surface area contributed by atoms with Crippen LogP contribution in [0.4, 0.5) is 5.95 Å². The fraction of sp³-hybridized carbons (Fsp3) is 0.400. The fourth-order valence-corrected chi connectivity index (χ4v) is 1.93. The molecule has 0 aliphatic carbocycles. The molecular formula is C15H20N4O. The summed E-state index contributed by atoms with van der Waals surface area (Å²) in [4.78, 5) is 14.7. The molecule has 0 saturated carbocycles. The van der Waals surface area contributed by atoms with Crippen LogP contribution in [0.15, 0.2) is 35.1 Å². The minimum Gasteiger partial charge on any atom is -0.354 e. The summed E-state index contributed by atoms with van der Waals surface area (Å²) in [5, 5.41) is 11.1. The van der Waals surface area contributed by atoms with Crippen molar-refractivity contribution in [2.75, 3.05) is 11.9 Å². The van der Waals surface area contributed by atoms with E-state index in [1.165, 1.54) is 6.42 Å². The largest absolute Gasteiger partial charge is 0.354 e. The normalized spacial score (nSPS) is 10.4. The molecule has 0 unspecified atom stereocenters. The molecule has 2 aromatic rings. The Labute approximate surface area is 118 Å². The topological polar surface area (TPSA) is 70.7 Å². The van der Waals surface area contributed by atoms with Crippen molar-refractivity contribution in [3.05, 3.63) is 51.9 Å². The van der Waals surface area contributed by atoms with Crippen LogP contribution >= 0.6 is 0 Å². The van der Waals surface area contributed by atoms with Gasteiger partial charge >= 0.3 is 0 Å². The minimum atomic E-state index is -0.179. The Morgan fingerprint density at radius 3 is 2.65 bits per heavy atom. The lowest BCUT2D eigenvalue weighted by molar-refractivity contribution is 0.736. The number of aromatic nitrogens is 3. The molecule has 5 heteroatoms. The van der Waals surface area contributed by atoms with Crippen molar-refractivity contribution >= 4 is 5.95 Å². The van der Waals surface area contributed by atoms with Crippen molar-refractivity contribution in [1.82, 2.24) is 15.2 Å². The van der Waals surface area contributed by atoms with Crippen LogP contribution in [0.25, 0.3) is 0 Å². The maximum atomic E-state index is 11.9. The van der Waals surface area contributed by atoms with E-state index in [0.29, 0.717) is 18.1 Å². The van der Waals surface area contributed by atoms with E-state index in [0.717, 1.165) is 24.9 Å². The molecule has 1 aromatic heterocycles. The van der Waals surface area contributed by atoms with Crippen molar-refractivity contribution in [3.63, 3.8) is 0 Å². The molecule has 0 atom stereocenters. The number of H-pyrrole nitrogens is 1. The van der Waals surface area contributed by atoms with Gasteiger partial charge in [-0.2, -0.15) is 0 Å². The Kier molecular flexibility index (Phi) is 5.29. The number of nitrogens with one attached hydrogen (secondary N) is 2. The van der Waals surface area contributed by atoms with E-state index < -0.39 is 0 Å². The lowest BCUT2D eigenvalue weighted by Gasteiger charge is -2.05. The van der Waals surface area contributed by atoms with Gasteiger partial charge in [-0.1, -0.05) is 50.1 Å². The summed E-state index contributed by atoms with van der Waals surface area (Å²) < 4.78 is 0. The number of anilines is 1. The zero-order valence-corrected chi connectivity index (χ0v) is 11.7. The van der Waals surface area contributed by atoms with Gasteiger partial charge in [0.1, 0.15) is 5.69 Å². The highest BCUT2D eigenvalue weighted by molar-refractivity contribution is 5.24. The molecule has 0 aliphatic heterocycles. The van der Waals surface area contributed by atoms with Crippen LogP contribution in [0.1, 0.15) is 37.4 Å².